The Balaban J connectivity index is 1.97. The molecule has 0 aliphatic carbocycles. The van der Waals surface area contributed by atoms with Crippen LogP contribution in [0.25, 0.3) is 42.0 Å². The van der Waals surface area contributed by atoms with Crippen LogP contribution in [0.3, 0.4) is 0 Å². The van der Waals surface area contributed by atoms with Gasteiger partial charge < -0.3 is 4.57 Å². The van der Waals surface area contributed by atoms with Crippen LogP contribution in [0, 0.1) is 0 Å². The molecule has 0 aliphatic rings. The van der Waals surface area contributed by atoms with Crippen molar-refractivity contribution in [2.45, 2.75) is 26.2 Å². The van der Waals surface area contributed by atoms with E-state index in [2.05, 4.69) is 87.0 Å². The van der Waals surface area contributed by atoms with Gasteiger partial charge in [0.1, 0.15) is 0 Å². The first kappa shape index (κ1) is 15.0. The second-order valence-corrected chi connectivity index (χ2v) is 9.03. The minimum atomic E-state index is 0.173. The summed E-state index contributed by atoms with van der Waals surface area (Å²) in [4.78, 5) is 0. The van der Waals surface area contributed by atoms with E-state index < -0.39 is 0 Å². The Morgan fingerprint density at radius 3 is 2.36 bits per heavy atom. The smallest absolute Gasteiger partial charge is 0.0670 e. The molecule has 0 spiro atoms. The van der Waals surface area contributed by atoms with E-state index in [1.54, 1.807) is 0 Å². The fourth-order valence-corrected chi connectivity index (χ4v) is 5.22. The number of aromatic nitrogens is 1. The monoisotopic (exact) mass is 343 g/mol. The maximum atomic E-state index is 2.39. The van der Waals surface area contributed by atoms with Gasteiger partial charge in [-0.2, -0.15) is 0 Å². The minimum Gasteiger partial charge on any atom is -0.342 e. The Morgan fingerprint density at radius 1 is 0.800 bits per heavy atom. The second kappa shape index (κ2) is 4.86. The molecule has 3 aromatic carbocycles. The molecule has 5 rings (SSSR count). The van der Waals surface area contributed by atoms with Crippen molar-refractivity contribution in [2.75, 3.05) is 0 Å². The molecule has 5 aromatic rings. The van der Waals surface area contributed by atoms with Crippen molar-refractivity contribution in [1.82, 2.24) is 4.57 Å². The summed E-state index contributed by atoms with van der Waals surface area (Å²) in [6.07, 6.45) is 0. The summed E-state index contributed by atoms with van der Waals surface area (Å²) in [5.74, 6) is 0. The number of benzene rings is 3. The van der Waals surface area contributed by atoms with Crippen molar-refractivity contribution in [3.05, 3.63) is 60.2 Å². The first-order valence-electron chi connectivity index (χ1n) is 8.78. The third-order valence-corrected chi connectivity index (χ3v) is 6.56. The number of para-hydroxylation sites is 1. The Hall–Kier alpha value is -2.32. The van der Waals surface area contributed by atoms with E-state index in [1.807, 2.05) is 11.3 Å². The van der Waals surface area contributed by atoms with Crippen LogP contribution >= 0.6 is 11.3 Å². The van der Waals surface area contributed by atoms with E-state index in [9.17, 15) is 0 Å². The van der Waals surface area contributed by atoms with Crippen molar-refractivity contribution in [2.24, 2.45) is 7.05 Å². The quantitative estimate of drug-likeness (QED) is 0.285. The zero-order valence-corrected chi connectivity index (χ0v) is 15.9. The second-order valence-electron chi connectivity index (χ2n) is 7.98. The van der Waals surface area contributed by atoms with Crippen molar-refractivity contribution in [3.8, 4) is 0 Å². The fourth-order valence-electron chi connectivity index (χ4n) is 3.96. The van der Waals surface area contributed by atoms with Crippen molar-refractivity contribution >= 4 is 53.3 Å². The molecule has 124 valence electrons. The van der Waals surface area contributed by atoms with Crippen LogP contribution in [0.15, 0.2) is 54.6 Å². The molecule has 0 aliphatic heterocycles. The van der Waals surface area contributed by atoms with Gasteiger partial charge in [0, 0.05) is 38.8 Å². The lowest BCUT2D eigenvalue weighted by atomic mass is 9.86. The maximum absolute atomic E-state index is 2.39. The molecule has 0 amide bonds. The van der Waals surface area contributed by atoms with Crippen molar-refractivity contribution in [3.63, 3.8) is 0 Å². The summed E-state index contributed by atoms with van der Waals surface area (Å²) in [5.41, 5.74) is 4.23. The van der Waals surface area contributed by atoms with Crippen LogP contribution in [0.1, 0.15) is 26.3 Å². The molecule has 0 saturated carbocycles. The van der Waals surface area contributed by atoms with Crippen molar-refractivity contribution < 1.29 is 0 Å². The molecular weight excluding hydrogens is 322 g/mol. The third-order valence-electron chi connectivity index (χ3n) is 5.37. The van der Waals surface area contributed by atoms with Gasteiger partial charge in [-0.3, -0.25) is 0 Å². The van der Waals surface area contributed by atoms with Crippen LogP contribution in [0.4, 0.5) is 0 Å². The minimum absolute atomic E-state index is 0.173. The topological polar surface area (TPSA) is 4.93 Å². The first-order chi connectivity index (χ1) is 11.9. The summed E-state index contributed by atoms with van der Waals surface area (Å²) in [6.45, 7) is 6.85. The maximum Gasteiger partial charge on any atom is 0.0670 e. The molecule has 25 heavy (non-hydrogen) atoms. The standard InChI is InChI=1S/C23H21NS/c1-23(2,3)14-9-12-20-18(13-14)17-11-10-16-15-7-5-6-8-19(15)24(4)21(16)22(17)25-20/h5-13H,1-4H3. The molecule has 0 fully saturated rings. The Bertz CT molecular complexity index is 1280. The van der Waals surface area contributed by atoms with E-state index in [0.29, 0.717) is 0 Å². The summed E-state index contributed by atoms with van der Waals surface area (Å²) < 4.78 is 5.13. The van der Waals surface area contributed by atoms with E-state index in [0.717, 1.165) is 0 Å². The largest absolute Gasteiger partial charge is 0.342 e. The SMILES string of the molecule is Cn1c2ccccc2c2ccc3c4cc(C(C)(C)C)ccc4sc3c21. The summed E-state index contributed by atoms with van der Waals surface area (Å²) >= 11 is 1.92. The van der Waals surface area contributed by atoms with Gasteiger partial charge in [0.25, 0.3) is 0 Å². The molecule has 0 atom stereocenters. The van der Waals surface area contributed by atoms with E-state index in [4.69, 9.17) is 0 Å². The molecule has 0 saturated heterocycles. The van der Waals surface area contributed by atoms with Crippen LogP contribution in [0.5, 0.6) is 0 Å². The lowest BCUT2D eigenvalue weighted by Gasteiger charge is -2.18. The highest BCUT2D eigenvalue weighted by molar-refractivity contribution is 7.26. The van der Waals surface area contributed by atoms with Gasteiger partial charge in [-0.05, 0) is 29.2 Å². The van der Waals surface area contributed by atoms with Crippen LogP contribution in [-0.4, -0.2) is 4.57 Å². The molecule has 2 aromatic heterocycles. The molecule has 0 N–H and O–H groups in total. The van der Waals surface area contributed by atoms with Gasteiger partial charge in [-0.15, -0.1) is 11.3 Å². The van der Waals surface area contributed by atoms with E-state index in [1.165, 1.54) is 47.5 Å². The number of hydrogen-bond acceptors (Lipinski definition) is 1. The first-order valence-corrected chi connectivity index (χ1v) is 9.60. The zero-order chi connectivity index (χ0) is 17.3. The lowest BCUT2D eigenvalue weighted by molar-refractivity contribution is 0.591. The molecule has 2 heterocycles. The number of nitrogens with zero attached hydrogens (tertiary/aromatic N) is 1. The van der Waals surface area contributed by atoms with Crippen LogP contribution in [0.2, 0.25) is 0 Å². The van der Waals surface area contributed by atoms with Gasteiger partial charge in [-0.25, -0.2) is 0 Å². The molecule has 0 radical (unpaired) electrons. The summed E-state index contributed by atoms with van der Waals surface area (Å²) in [7, 11) is 2.19. The lowest BCUT2D eigenvalue weighted by Crippen LogP contribution is -2.10. The van der Waals surface area contributed by atoms with Gasteiger partial charge >= 0.3 is 0 Å². The number of fused-ring (bicyclic) bond motifs is 7. The molecule has 0 unspecified atom stereocenters. The number of hydrogen-bond donors (Lipinski definition) is 0. The van der Waals surface area contributed by atoms with Gasteiger partial charge in [0.05, 0.1) is 10.2 Å². The number of rotatable bonds is 0. The van der Waals surface area contributed by atoms with E-state index >= 15 is 0 Å². The Morgan fingerprint density at radius 2 is 1.56 bits per heavy atom. The number of aryl methyl sites for hydroxylation is 1. The highest BCUT2D eigenvalue weighted by Gasteiger charge is 2.18. The molecule has 2 heteroatoms. The predicted octanol–water partition coefficient (Wildman–Crippen LogP) is 7.00. The van der Waals surface area contributed by atoms with E-state index in [-0.39, 0.29) is 5.41 Å². The van der Waals surface area contributed by atoms with Crippen molar-refractivity contribution in [1.29, 1.82) is 0 Å². The molecule has 1 nitrogen and oxygen atoms in total. The highest BCUT2D eigenvalue weighted by Crippen LogP contribution is 2.42. The highest BCUT2D eigenvalue weighted by atomic mass is 32.1. The normalized spacial score (nSPS) is 12.8. The third kappa shape index (κ3) is 2.01. The summed E-state index contributed by atoms with van der Waals surface area (Å²) in [5, 5.41) is 5.46. The summed E-state index contributed by atoms with van der Waals surface area (Å²) in [6, 6.07) is 20.3. The van der Waals surface area contributed by atoms with Crippen LogP contribution in [-0.2, 0) is 12.5 Å². The Kier molecular flexibility index (Phi) is 2.91. The Labute approximate surface area is 151 Å². The average Bonchev–Trinajstić information content (AvgIpc) is 3.10. The predicted molar refractivity (Wildman–Crippen MR) is 112 cm³/mol. The molecule has 0 bridgehead atoms. The molecular formula is C23H21NS. The van der Waals surface area contributed by atoms with Gasteiger partial charge in [0.15, 0.2) is 0 Å². The fraction of sp³-hybridized carbons (Fsp3) is 0.217. The van der Waals surface area contributed by atoms with Crippen LogP contribution < -0.4 is 0 Å². The van der Waals surface area contributed by atoms with Gasteiger partial charge in [0.2, 0.25) is 0 Å². The average molecular weight is 343 g/mol. The zero-order valence-electron chi connectivity index (χ0n) is 15.1. The number of thiophene rings is 1. The van der Waals surface area contributed by atoms with Gasteiger partial charge in [-0.1, -0.05) is 57.2 Å².